The molecule has 0 saturated carbocycles. The highest BCUT2D eigenvalue weighted by Gasteiger charge is 2.20. The first-order valence-electron chi connectivity index (χ1n) is 9.97. The van der Waals surface area contributed by atoms with Crippen LogP contribution in [0.15, 0.2) is 66.1 Å². The molecule has 0 bridgehead atoms. The summed E-state index contributed by atoms with van der Waals surface area (Å²) in [6, 6.07) is 19.4. The molecule has 0 unspecified atom stereocenters. The summed E-state index contributed by atoms with van der Waals surface area (Å²) in [7, 11) is -3.60. The van der Waals surface area contributed by atoms with Gasteiger partial charge in [-0.05, 0) is 29.9 Å². The third-order valence-electron chi connectivity index (χ3n) is 5.13. The van der Waals surface area contributed by atoms with E-state index in [4.69, 9.17) is 5.10 Å². The molecule has 30 heavy (non-hydrogen) atoms. The largest absolute Gasteiger partial charge is 0.260 e. The van der Waals surface area contributed by atoms with Crippen LogP contribution in [0.25, 0.3) is 6.08 Å². The van der Waals surface area contributed by atoms with Crippen molar-refractivity contribution in [2.75, 3.05) is 5.75 Å². The van der Waals surface area contributed by atoms with Crippen LogP contribution in [0.3, 0.4) is 0 Å². The minimum atomic E-state index is -3.60. The number of nitrogens with one attached hydrogen (secondary N) is 1. The molecule has 5 nitrogen and oxygen atoms in total. The molecule has 0 aliphatic carbocycles. The second-order valence-electron chi connectivity index (χ2n) is 7.35. The van der Waals surface area contributed by atoms with Gasteiger partial charge in [0.05, 0.1) is 17.9 Å². The molecule has 3 aromatic rings. The van der Waals surface area contributed by atoms with Crippen LogP contribution >= 0.6 is 11.8 Å². The summed E-state index contributed by atoms with van der Waals surface area (Å²) in [4.78, 5) is 0. The number of hydrogen-bond acceptors (Lipinski definition) is 4. The van der Waals surface area contributed by atoms with E-state index in [-0.39, 0.29) is 6.04 Å². The van der Waals surface area contributed by atoms with Crippen molar-refractivity contribution in [1.82, 2.24) is 14.5 Å². The minimum Gasteiger partial charge on any atom is -0.260 e. The van der Waals surface area contributed by atoms with E-state index >= 15 is 0 Å². The van der Waals surface area contributed by atoms with Crippen molar-refractivity contribution in [3.8, 4) is 0 Å². The van der Waals surface area contributed by atoms with Crippen molar-refractivity contribution in [3.05, 3.63) is 94.1 Å². The maximum atomic E-state index is 12.7. The van der Waals surface area contributed by atoms with Crippen LogP contribution in [0.4, 0.5) is 0 Å². The molecular weight excluding hydrogens is 414 g/mol. The molecule has 156 valence electrons. The molecule has 7 heteroatoms. The first-order chi connectivity index (χ1) is 14.5. The fraction of sp³-hybridized carbons (Fsp3) is 0.261. The van der Waals surface area contributed by atoms with Gasteiger partial charge in [-0.15, -0.1) is 0 Å². The average Bonchev–Trinajstić information content (AvgIpc) is 3.10. The second-order valence-corrected chi connectivity index (χ2v) is 10.1. The van der Waals surface area contributed by atoms with Crippen molar-refractivity contribution < 1.29 is 8.42 Å². The third-order valence-corrected chi connectivity index (χ3v) is 7.29. The third kappa shape index (κ3) is 5.03. The van der Waals surface area contributed by atoms with Crippen molar-refractivity contribution in [1.29, 1.82) is 0 Å². The highest BCUT2D eigenvalue weighted by molar-refractivity contribution is 7.98. The number of rotatable bonds is 7. The van der Waals surface area contributed by atoms with E-state index in [9.17, 15) is 8.42 Å². The van der Waals surface area contributed by atoms with Crippen LogP contribution in [-0.4, -0.2) is 24.0 Å². The highest BCUT2D eigenvalue weighted by atomic mass is 32.2. The van der Waals surface area contributed by atoms with Crippen LogP contribution in [0.2, 0.25) is 0 Å². The lowest BCUT2D eigenvalue weighted by molar-refractivity contribution is 0.576. The van der Waals surface area contributed by atoms with E-state index < -0.39 is 10.0 Å². The zero-order chi connectivity index (χ0) is 21.0. The fourth-order valence-electron chi connectivity index (χ4n) is 3.58. The predicted molar refractivity (Wildman–Crippen MR) is 124 cm³/mol. The summed E-state index contributed by atoms with van der Waals surface area (Å²) in [6.07, 6.45) is 2.61. The summed E-state index contributed by atoms with van der Waals surface area (Å²) in [6.45, 7) is 2.46. The highest BCUT2D eigenvalue weighted by Crippen LogP contribution is 2.28. The van der Waals surface area contributed by atoms with Gasteiger partial charge < -0.3 is 0 Å². The number of thioether (sulfide) groups is 1. The van der Waals surface area contributed by atoms with Gasteiger partial charge in [0.1, 0.15) is 0 Å². The lowest BCUT2D eigenvalue weighted by Gasteiger charge is -2.13. The number of benzene rings is 2. The summed E-state index contributed by atoms with van der Waals surface area (Å²) < 4.78 is 30.1. The summed E-state index contributed by atoms with van der Waals surface area (Å²) in [5.74, 6) is 1.91. The number of fused-ring (bicyclic) bond motifs is 1. The molecule has 1 N–H and O–H groups in total. The Morgan fingerprint density at radius 2 is 1.83 bits per heavy atom. The van der Waals surface area contributed by atoms with Crippen molar-refractivity contribution >= 4 is 27.9 Å². The Balaban J connectivity index is 1.59. The SMILES string of the molecule is C[C@H](NS(=O)(=O)C=Cc1c2c(nn1Cc1ccccc1)CCSC2)c1ccccc1. The second kappa shape index (κ2) is 9.20. The van der Waals surface area contributed by atoms with Crippen molar-refractivity contribution in [2.24, 2.45) is 0 Å². The van der Waals surface area contributed by atoms with Gasteiger partial charge in [0.2, 0.25) is 10.0 Å². The number of nitrogens with zero attached hydrogens (tertiary/aromatic N) is 2. The number of aromatic nitrogens is 2. The van der Waals surface area contributed by atoms with Gasteiger partial charge in [0.15, 0.2) is 0 Å². The standard InChI is InChI=1S/C23H25N3O2S2/c1-18(20-10-6-3-7-11-20)25-30(27,28)15-13-23-21-17-29-14-12-22(21)24-26(23)16-19-8-4-2-5-9-19/h2-11,13,15,18,25H,12,14,16-17H2,1H3/t18-/m0/s1. The maximum absolute atomic E-state index is 12.7. The molecular formula is C23H25N3O2S2. The van der Waals surface area contributed by atoms with E-state index in [1.807, 2.05) is 71.9 Å². The zero-order valence-electron chi connectivity index (χ0n) is 16.9. The normalized spacial score (nSPS) is 15.2. The van der Waals surface area contributed by atoms with Crippen LogP contribution in [0.5, 0.6) is 0 Å². The molecule has 1 aliphatic rings. The molecule has 0 amide bonds. The summed E-state index contributed by atoms with van der Waals surface area (Å²) in [5.41, 5.74) is 5.16. The van der Waals surface area contributed by atoms with Gasteiger partial charge in [-0.1, -0.05) is 60.7 Å². The van der Waals surface area contributed by atoms with Crippen molar-refractivity contribution in [3.63, 3.8) is 0 Å². The van der Waals surface area contributed by atoms with Crippen molar-refractivity contribution in [2.45, 2.75) is 31.7 Å². The van der Waals surface area contributed by atoms with Gasteiger partial charge in [-0.25, -0.2) is 13.1 Å². The zero-order valence-corrected chi connectivity index (χ0v) is 18.5. The Bertz CT molecular complexity index is 1120. The van der Waals surface area contributed by atoms with E-state index in [2.05, 4.69) is 16.9 Å². The molecule has 0 spiro atoms. The molecule has 0 fully saturated rings. The fourth-order valence-corrected chi connectivity index (χ4v) is 5.59. The molecule has 1 aromatic heterocycles. The molecule has 2 heterocycles. The molecule has 1 aliphatic heterocycles. The number of hydrogen-bond donors (Lipinski definition) is 1. The molecule has 4 rings (SSSR count). The van der Waals surface area contributed by atoms with Gasteiger partial charge >= 0.3 is 0 Å². The molecule has 0 saturated heterocycles. The monoisotopic (exact) mass is 439 g/mol. The molecule has 1 atom stereocenters. The quantitative estimate of drug-likeness (QED) is 0.594. The van der Waals surface area contributed by atoms with Gasteiger partial charge in [-0.3, -0.25) is 4.68 Å². The van der Waals surface area contributed by atoms with E-state index in [1.165, 1.54) is 5.41 Å². The lowest BCUT2D eigenvalue weighted by Crippen LogP contribution is -2.24. The summed E-state index contributed by atoms with van der Waals surface area (Å²) >= 11 is 1.86. The smallest absolute Gasteiger partial charge is 0.234 e. The maximum Gasteiger partial charge on any atom is 0.234 e. The van der Waals surface area contributed by atoms with Crippen LogP contribution in [0.1, 0.15) is 41.0 Å². The van der Waals surface area contributed by atoms with E-state index in [1.54, 1.807) is 6.08 Å². The average molecular weight is 440 g/mol. The van der Waals surface area contributed by atoms with Crippen LogP contribution in [-0.2, 0) is 28.7 Å². The Morgan fingerprint density at radius 3 is 2.57 bits per heavy atom. The Hall–Kier alpha value is -2.35. The van der Waals surface area contributed by atoms with Crippen LogP contribution < -0.4 is 4.72 Å². The predicted octanol–water partition coefficient (Wildman–Crippen LogP) is 4.37. The first kappa shape index (κ1) is 20.9. The minimum absolute atomic E-state index is 0.306. The van der Waals surface area contributed by atoms with Crippen LogP contribution in [0, 0.1) is 0 Å². The van der Waals surface area contributed by atoms with Gasteiger partial charge in [0.25, 0.3) is 0 Å². The summed E-state index contributed by atoms with van der Waals surface area (Å²) in [5, 5.41) is 6.06. The van der Waals surface area contributed by atoms with Gasteiger partial charge in [-0.2, -0.15) is 16.9 Å². The van der Waals surface area contributed by atoms with E-state index in [0.29, 0.717) is 6.54 Å². The van der Waals surface area contributed by atoms with E-state index in [0.717, 1.165) is 46.0 Å². The molecule has 0 radical (unpaired) electrons. The first-order valence-corrected chi connectivity index (χ1v) is 12.7. The lowest BCUT2D eigenvalue weighted by atomic mass is 10.1. The number of aryl methyl sites for hydroxylation is 1. The van der Waals surface area contributed by atoms with Gasteiger partial charge in [0, 0.05) is 29.2 Å². The Morgan fingerprint density at radius 1 is 1.13 bits per heavy atom. The Labute approximate surface area is 182 Å². The topological polar surface area (TPSA) is 64.0 Å². The Kier molecular flexibility index (Phi) is 6.41. The molecule has 2 aromatic carbocycles. The number of sulfonamides is 1.